The Morgan fingerprint density at radius 1 is 1.25 bits per heavy atom. The van der Waals surface area contributed by atoms with Crippen LogP contribution in [0.1, 0.15) is 6.23 Å². The predicted molar refractivity (Wildman–Crippen MR) is 103 cm³/mol. The van der Waals surface area contributed by atoms with Gasteiger partial charge < -0.3 is 24.6 Å². The number of nitro groups is 1. The second kappa shape index (κ2) is 9.70. The van der Waals surface area contributed by atoms with Crippen LogP contribution in [0.25, 0.3) is 0 Å². The van der Waals surface area contributed by atoms with E-state index in [0.29, 0.717) is 0 Å². The SMILES string of the molecule is O=c1ccn([C@@H]2O[C@H](CO)[C@@H](O)[C@H]2OP(=O)(O)OCOc2ccc([N+](=O)[O-])cc2)c(=O)[nH]1. The number of nitrogens with one attached hydrogen (secondary N) is 1. The Balaban J connectivity index is 1.68. The van der Waals surface area contributed by atoms with E-state index in [1.54, 1.807) is 0 Å². The number of aromatic nitrogens is 2. The lowest BCUT2D eigenvalue weighted by molar-refractivity contribution is -0.384. The number of phosphoric ester groups is 1. The molecule has 32 heavy (non-hydrogen) atoms. The highest BCUT2D eigenvalue weighted by molar-refractivity contribution is 7.47. The average Bonchev–Trinajstić information content (AvgIpc) is 3.03. The molecule has 1 unspecified atom stereocenters. The lowest BCUT2D eigenvalue weighted by Crippen LogP contribution is -2.39. The van der Waals surface area contributed by atoms with Crippen molar-refractivity contribution >= 4 is 13.5 Å². The van der Waals surface area contributed by atoms with Crippen LogP contribution in [-0.2, 0) is 18.3 Å². The predicted octanol–water partition coefficient (Wildman–Crippen LogP) is -0.766. The van der Waals surface area contributed by atoms with Crippen molar-refractivity contribution in [1.82, 2.24) is 9.55 Å². The van der Waals surface area contributed by atoms with Crippen molar-refractivity contribution in [2.75, 3.05) is 13.4 Å². The minimum absolute atomic E-state index is 0.0952. The number of hydrogen-bond acceptors (Lipinski definition) is 11. The maximum Gasteiger partial charge on any atom is 0.475 e. The summed E-state index contributed by atoms with van der Waals surface area (Å²) in [6.07, 6.45) is -5.00. The maximum atomic E-state index is 12.3. The minimum atomic E-state index is -4.90. The first-order chi connectivity index (χ1) is 15.1. The Hall–Kier alpha value is -2.91. The van der Waals surface area contributed by atoms with E-state index in [-0.39, 0.29) is 11.4 Å². The standard InChI is InChI=1S/C16H18N3O12P/c20-7-11-13(22)14(15(30-11)18-6-5-12(21)17-16(18)23)31-32(26,27)29-8-28-10-3-1-9(2-4-10)19(24)25/h1-6,11,13-15,20,22H,7-8H2,(H,26,27)(H,17,21,23)/t11-,13-,14-,15-/m1/s1. The number of nitro benzene ring substituents is 1. The molecule has 15 nitrogen and oxygen atoms in total. The average molecular weight is 475 g/mol. The molecule has 1 aromatic carbocycles. The summed E-state index contributed by atoms with van der Waals surface area (Å²) in [4.78, 5) is 45.3. The molecule has 2 aromatic rings. The van der Waals surface area contributed by atoms with Gasteiger partial charge in [0.1, 0.15) is 24.1 Å². The van der Waals surface area contributed by atoms with Crippen LogP contribution >= 0.6 is 7.82 Å². The number of phosphoric acid groups is 1. The number of nitrogens with zero attached hydrogens (tertiary/aromatic N) is 2. The smallest absolute Gasteiger partial charge is 0.467 e. The number of aliphatic hydroxyl groups is 2. The molecule has 0 amide bonds. The third-order valence-corrected chi connectivity index (χ3v) is 5.30. The van der Waals surface area contributed by atoms with Crippen molar-refractivity contribution in [2.45, 2.75) is 24.5 Å². The fraction of sp³-hybridized carbons (Fsp3) is 0.375. The highest BCUT2D eigenvalue weighted by Gasteiger charge is 2.49. The minimum Gasteiger partial charge on any atom is -0.467 e. The fourth-order valence-corrected chi connectivity index (χ4v) is 3.63. The second-order valence-corrected chi connectivity index (χ2v) is 7.84. The van der Waals surface area contributed by atoms with Gasteiger partial charge >= 0.3 is 13.5 Å². The van der Waals surface area contributed by atoms with E-state index >= 15 is 0 Å². The van der Waals surface area contributed by atoms with Crippen LogP contribution in [-0.4, -0.2) is 61.3 Å². The van der Waals surface area contributed by atoms with E-state index in [0.717, 1.165) is 29.0 Å². The van der Waals surface area contributed by atoms with Gasteiger partial charge in [0.25, 0.3) is 11.2 Å². The molecule has 4 N–H and O–H groups in total. The zero-order valence-corrected chi connectivity index (χ0v) is 16.9. The molecular weight excluding hydrogens is 457 g/mol. The quantitative estimate of drug-likeness (QED) is 0.152. The molecule has 174 valence electrons. The van der Waals surface area contributed by atoms with Crippen molar-refractivity contribution in [2.24, 2.45) is 0 Å². The number of aromatic amines is 1. The number of rotatable bonds is 9. The molecule has 2 heterocycles. The van der Waals surface area contributed by atoms with E-state index in [9.17, 15) is 39.4 Å². The van der Waals surface area contributed by atoms with Gasteiger partial charge in [-0.25, -0.2) is 13.9 Å². The summed E-state index contributed by atoms with van der Waals surface area (Å²) in [6.45, 7) is -1.50. The number of aliphatic hydroxyl groups excluding tert-OH is 2. The van der Waals surface area contributed by atoms with Crippen LogP contribution in [0.2, 0.25) is 0 Å². The third kappa shape index (κ3) is 5.46. The molecule has 1 aliphatic rings. The van der Waals surface area contributed by atoms with E-state index in [1.165, 1.54) is 12.1 Å². The second-order valence-electron chi connectivity index (χ2n) is 6.44. The van der Waals surface area contributed by atoms with Gasteiger partial charge in [0.15, 0.2) is 13.0 Å². The zero-order valence-electron chi connectivity index (χ0n) is 16.0. The van der Waals surface area contributed by atoms with Gasteiger partial charge in [-0.15, -0.1) is 0 Å². The normalized spacial score (nSPS) is 24.7. The monoisotopic (exact) mass is 475 g/mol. The van der Waals surface area contributed by atoms with Gasteiger partial charge in [0.2, 0.25) is 0 Å². The summed E-state index contributed by atoms with van der Waals surface area (Å²) < 4.78 is 33.2. The molecule has 0 bridgehead atoms. The third-order valence-electron chi connectivity index (χ3n) is 4.36. The van der Waals surface area contributed by atoms with Crippen LogP contribution < -0.4 is 16.0 Å². The van der Waals surface area contributed by atoms with Gasteiger partial charge in [0, 0.05) is 24.4 Å². The van der Waals surface area contributed by atoms with Crippen LogP contribution in [0.5, 0.6) is 5.75 Å². The highest BCUT2D eigenvalue weighted by atomic mass is 31.2. The van der Waals surface area contributed by atoms with Crippen LogP contribution in [0.15, 0.2) is 46.1 Å². The molecule has 3 rings (SSSR count). The first-order valence-electron chi connectivity index (χ1n) is 8.90. The largest absolute Gasteiger partial charge is 0.475 e. The van der Waals surface area contributed by atoms with Gasteiger partial charge in [0.05, 0.1) is 11.5 Å². The fourth-order valence-electron chi connectivity index (χ4n) is 2.84. The van der Waals surface area contributed by atoms with Crippen molar-refractivity contribution in [3.05, 3.63) is 67.5 Å². The first-order valence-corrected chi connectivity index (χ1v) is 10.4. The molecule has 0 spiro atoms. The van der Waals surface area contributed by atoms with Crippen molar-refractivity contribution in [3.63, 3.8) is 0 Å². The number of H-pyrrole nitrogens is 1. The van der Waals surface area contributed by atoms with Crippen LogP contribution in [0.3, 0.4) is 0 Å². The van der Waals surface area contributed by atoms with Crippen molar-refractivity contribution in [1.29, 1.82) is 0 Å². The summed E-state index contributed by atoms with van der Waals surface area (Å²) >= 11 is 0. The number of ether oxygens (including phenoxy) is 2. The Labute approximate surface area is 178 Å². The number of non-ortho nitro benzene ring substituents is 1. The van der Waals surface area contributed by atoms with Crippen molar-refractivity contribution < 1.29 is 43.1 Å². The van der Waals surface area contributed by atoms with Gasteiger partial charge in [-0.3, -0.25) is 29.0 Å². The van der Waals surface area contributed by atoms with E-state index in [2.05, 4.69) is 4.52 Å². The Morgan fingerprint density at radius 3 is 2.53 bits per heavy atom. The molecule has 0 saturated carbocycles. The molecular formula is C16H18N3O12P. The van der Waals surface area contributed by atoms with Gasteiger partial charge in [-0.05, 0) is 12.1 Å². The van der Waals surface area contributed by atoms with Crippen LogP contribution in [0.4, 0.5) is 5.69 Å². The van der Waals surface area contributed by atoms with E-state index in [1.807, 2.05) is 4.98 Å². The number of benzene rings is 1. The van der Waals surface area contributed by atoms with Gasteiger partial charge in [-0.1, -0.05) is 0 Å². The summed E-state index contributed by atoms with van der Waals surface area (Å²) in [5, 5.41) is 30.3. The number of hydrogen-bond donors (Lipinski definition) is 4. The van der Waals surface area contributed by atoms with Crippen molar-refractivity contribution in [3.8, 4) is 5.75 Å². The Kier molecular flexibility index (Phi) is 7.20. The summed E-state index contributed by atoms with van der Waals surface area (Å²) in [7, 11) is -4.90. The lowest BCUT2D eigenvalue weighted by atomic mass is 10.1. The first kappa shape index (κ1) is 23.7. The summed E-state index contributed by atoms with van der Waals surface area (Å²) in [5.41, 5.74) is -1.84. The lowest BCUT2D eigenvalue weighted by Gasteiger charge is -2.24. The molecule has 1 aliphatic heterocycles. The Morgan fingerprint density at radius 2 is 1.94 bits per heavy atom. The molecule has 5 atom stereocenters. The van der Waals surface area contributed by atoms with E-state index < -0.39 is 61.9 Å². The molecule has 0 radical (unpaired) electrons. The van der Waals surface area contributed by atoms with E-state index in [4.69, 9.17) is 14.0 Å². The molecule has 1 fully saturated rings. The molecule has 16 heteroatoms. The van der Waals surface area contributed by atoms with Gasteiger partial charge in [-0.2, -0.15) is 0 Å². The molecule has 1 saturated heterocycles. The maximum absolute atomic E-state index is 12.3. The molecule has 1 aromatic heterocycles. The summed E-state index contributed by atoms with van der Waals surface area (Å²) in [6, 6.07) is 5.76. The topological polar surface area (TPSA) is 213 Å². The molecule has 0 aliphatic carbocycles. The Bertz CT molecular complexity index is 1120. The zero-order chi connectivity index (χ0) is 23.5. The highest BCUT2D eigenvalue weighted by Crippen LogP contribution is 2.48. The van der Waals surface area contributed by atoms with Crippen LogP contribution in [0, 0.1) is 10.1 Å². The summed E-state index contributed by atoms with van der Waals surface area (Å²) in [5.74, 6) is 0.0952.